The number of hydrogen-bond donors (Lipinski definition) is 2. The van der Waals surface area contributed by atoms with Gasteiger partial charge < -0.3 is 24.8 Å². The van der Waals surface area contributed by atoms with Crippen LogP contribution in [0.5, 0.6) is 0 Å². The molecule has 1 aliphatic heterocycles. The molecule has 9 heteroatoms. The van der Waals surface area contributed by atoms with Crippen LogP contribution in [0.3, 0.4) is 0 Å². The molecule has 40 heavy (non-hydrogen) atoms. The molecule has 2 unspecified atom stereocenters. The van der Waals surface area contributed by atoms with Crippen molar-refractivity contribution in [2.45, 2.75) is 105 Å². The van der Waals surface area contributed by atoms with Gasteiger partial charge in [0.1, 0.15) is 11.4 Å². The summed E-state index contributed by atoms with van der Waals surface area (Å²) < 4.78 is 20.5. The fourth-order valence-electron chi connectivity index (χ4n) is 5.58. The molecule has 220 valence electrons. The number of piperidine rings is 1. The number of aryl methyl sites for hydroxylation is 2. The number of hydrogen-bond acceptors (Lipinski definition) is 5. The van der Waals surface area contributed by atoms with Crippen molar-refractivity contribution in [2.75, 3.05) is 18.0 Å². The molecular formula is C31H45FN4O4. The second kappa shape index (κ2) is 12.9. The van der Waals surface area contributed by atoms with Gasteiger partial charge in [-0.1, -0.05) is 13.3 Å². The van der Waals surface area contributed by atoms with Gasteiger partial charge in [0.05, 0.1) is 0 Å². The molecule has 2 heterocycles. The van der Waals surface area contributed by atoms with Crippen LogP contribution in [0.15, 0.2) is 23.0 Å². The average Bonchev–Trinajstić information content (AvgIpc) is 2.84. The molecule has 8 nitrogen and oxygen atoms in total. The number of likely N-dealkylation sites (tertiary alicyclic amines) is 1. The maximum atomic E-state index is 14.9. The summed E-state index contributed by atoms with van der Waals surface area (Å²) in [5, 5.41) is 2.85. The van der Waals surface area contributed by atoms with Gasteiger partial charge in [-0.3, -0.25) is 9.59 Å². The Hall–Kier alpha value is -3.36. The number of nitrogens with zero attached hydrogens (tertiary/aromatic N) is 2. The molecule has 1 aromatic carbocycles. The first-order valence-electron chi connectivity index (χ1n) is 14.3. The summed E-state index contributed by atoms with van der Waals surface area (Å²) in [4.78, 5) is 45.3. The van der Waals surface area contributed by atoms with Gasteiger partial charge in [0.2, 0.25) is 0 Å². The second-order valence-electron chi connectivity index (χ2n) is 11.8. The van der Waals surface area contributed by atoms with Crippen LogP contribution in [0.25, 0.3) is 0 Å². The van der Waals surface area contributed by atoms with Crippen LogP contribution in [0.1, 0.15) is 93.5 Å². The number of halogens is 1. The van der Waals surface area contributed by atoms with Crippen LogP contribution in [0.2, 0.25) is 0 Å². The monoisotopic (exact) mass is 556 g/mol. The molecule has 0 spiro atoms. The van der Waals surface area contributed by atoms with E-state index in [1.165, 1.54) is 12.1 Å². The zero-order chi connectivity index (χ0) is 29.8. The Morgan fingerprint density at radius 2 is 1.90 bits per heavy atom. The number of pyridine rings is 1. The van der Waals surface area contributed by atoms with Crippen molar-refractivity contribution in [1.82, 2.24) is 15.2 Å². The number of benzene rings is 1. The van der Waals surface area contributed by atoms with Gasteiger partial charge in [0, 0.05) is 54.2 Å². The van der Waals surface area contributed by atoms with E-state index in [2.05, 4.69) is 15.2 Å². The third-order valence-electron chi connectivity index (χ3n) is 7.47. The lowest BCUT2D eigenvalue weighted by atomic mass is 9.95. The van der Waals surface area contributed by atoms with E-state index in [4.69, 9.17) is 4.74 Å². The zero-order valence-corrected chi connectivity index (χ0v) is 25.2. The first-order valence-corrected chi connectivity index (χ1v) is 14.3. The SMILES string of the molecule is CCCc1cc(C)[nH]c(=O)c1CNC(=O)c1cc(F)cc(N(CC)C2CCN(C(=O)OC(C)(C)C)C(C)C2)c1C. The summed E-state index contributed by atoms with van der Waals surface area (Å²) in [6.45, 7) is 16.5. The van der Waals surface area contributed by atoms with Crippen molar-refractivity contribution in [2.24, 2.45) is 0 Å². The number of carbonyl (C=O) groups excluding carboxylic acids is 2. The second-order valence-corrected chi connectivity index (χ2v) is 11.8. The number of aromatic amines is 1. The Balaban J connectivity index is 1.80. The van der Waals surface area contributed by atoms with Crippen LogP contribution in [0.4, 0.5) is 14.9 Å². The van der Waals surface area contributed by atoms with Crippen molar-refractivity contribution in [3.05, 3.63) is 62.3 Å². The van der Waals surface area contributed by atoms with Crippen molar-refractivity contribution in [3.63, 3.8) is 0 Å². The number of carbonyl (C=O) groups is 2. The van der Waals surface area contributed by atoms with Crippen LogP contribution in [-0.2, 0) is 17.7 Å². The smallest absolute Gasteiger partial charge is 0.410 e. The normalized spacial score (nSPS) is 17.5. The number of aromatic nitrogens is 1. The van der Waals surface area contributed by atoms with Crippen molar-refractivity contribution in [3.8, 4) is 0 Å². The Labute approximate surface area is 237 Å². The molecule has 0 saturated carbocycles. The van der Waals surface area contributed by atoms with E-state index in [0.717, 1.165) is 24.1 Å². The lowest BCUT2D eigenvalue weighted by Gasteiger charge is -2.43. The fourth-order valence-corrected chi connectivity index (χ4v) is 5.58. The predicted molar refractivity (Wildman–Crippen MR) is 157 cm³/mol. The standard InChI is InChI=1S/C31H45FN4O4/c1-9-11-22-14-19(3)34-29(38)26(22)18-33-28(37)25-16-23(32)17-27(21(25)5)35(10-2)24-12-13-36(20(4)15-24)30(39)40-31(6,7)8/h14,16-17,20,24H,9-13,15,18H2,1-8H3,(H,33,37)(H,34,38). The van der Waals surface area contributed by atoms with Crippen LogP contribution < -0.4 is 15.8 Å². The fraction of sp³-hybridized carbons (Fsp3) is 0.581. The van der Waals surface area contributed by atoms with E-state index in [1.54, 1.807) is 4.90 Å². The third kappa shape index (κ3) is 7.43. The molecule has 3 rings (SSSR count). The highest BCUT2D eigenvalue weighted by Gasteiger charge is 2.34. The van der Waals surface area contributed by atoms with Gasteiger partial charge in [-0.25, -0.2) is 9.18 Å². The van der Waals surface area contributed by atoms with Crippen molar-refractivity contribution in [1.29, 1.82) is 0 Å². The molecule has 1 aliphatic rings. The van der Waals surface area contributed by atoms with E-state index in [9.17, 15) is 18.8 Å². The molecular weight excluding hydrogens is 511 g/mol. The minimum Gasteiger partial charge on any atom is -0.444 e. The van der Waals surface area contributed by atoms with E-state index in [-0.39, 0.29) is 35.8 Å². The summed E-state index contributed by atoms with van der Waals surface area (Å²) in [5.41, 5.74) is 3.01. The molecule has 1 aromatic heterocycles. The van der Waals surface area contributed by atoms with E-state index in [0.29, 0.717) is 42.7 Å². The predicted octanol–water partition coefficient (Wildman–Crippen LogP) is 5.63. The van der Waals surface area contributed by atoms with Gasteiger partial charge in [-0.05, 0) is 97.1 Å². The Kier molecular flexibility index (Phi) is 10.0. The summed E-state index contributed by atoms with van der Waals surface area (Å²) in [5.74, 6) is -0.923. The van der Waals surface area contributed by atoms with Crippen molar-refractivity contribution < 1.29 is 18.7 Å². The highest BCUT2D eigenvalue weighted by atomic mass is 19.1. The minimum atomic E-state index is -0.566. The Morgan fingerprint density at radius 3 is 2.50 bits per heavy atom. The highest BCUT2D eigenvalue weighted by molar-refractivity contribution is 5.97. The minimum absolute atomic E-state index is 0.0517. The number of H-pyrrole nitrogens is 1. The Morgan fingerprint density at radius 1 is 1.20 bits per heavy atom. The van der Waals surface area contributed by atoms with E-state index < -0.39 is 17.3 Å². The number of ether oxygens (including phenoxy) is 1. The summed E-state index contributed by atoms with van der Waals surface area (Å²) >= 11 is 0. The molecule has 0 aliphatic carbocycles. The van der Waals surface area contributed by atoms with E-state index >= 15 is 0 Å². The lowest BCUT2D eigenvalue weighted by molar-refractivity contribution is 0.0103. The molecule has 0 bridgehead atoms. The average molecular weight is 557 g/mol. The first kappa shape index (κ1) is 31.2. The number of nitrogens with one attached hydrogen (secondary N) is 2. The maximum Gasteiger partial charge on any atom is 0.410 e. The molecule has 2 N–H and O–H groups in total. The number of rotatable bonds is 8. The van der Waals surface area contributed by atoms with Crippen LogP contribution in [-0.4, -0.2) is 52.7 Å². The van der Waals surface area contributed by atoms with Crippen molar-refractivity contribution >= 4 is 17.7 Å². The third-order valence-corrected chi connectivity index (χ3v) is 7.47. The van der Waals surface area contributed by atoms with Crippen LogP contribution in [0, 0.1) is 19.7 Å². The first-order chi connectivity index (χ1) is 18.7. The van der Waals surface area contributed by atoms with Gasteiger partial charge >= 0.3 is 6.09 Å². The maximum absolute atomic E-state index is 14.9. The molecule has 1 fully saturated rings. The van der Waals surface area contributed by atoms with Gasteiger partial charge in [-0.2, -0.15) is 0 Å². The van der Waals surface area contributed by atoms with Gasteiger partial charge in [0.25, 0.3) is 11.5 Å². The molecule has 0 radical (unpaired) electrons. The number of anilines is 1. The van der Waals surface area contributed by atoms with E-state index in [1.807, 2.05) is 61.5 Å². The molecule has 1 saturated heterocycles. The van der Waals surface area contributed by atoms with Gasteiger partial charge in [-0.15, -0.1) is 0 Å². The number of amides is 2. The molecule has 2 atom stereocenters. The Bertz CT molecular complexity index is 1280. The molecule has 2 aromatic rings. The highest BCUT2D eigenvalue weighted by Crippen LogP contribution is 2.32. The van der Waals surface area contributed by atoms with Crippen LogP contribution >= 0.6 is 0 Å². The summed E-state index contributed by atoms with van der Waals surface area (Å²) in [7, 11) is 0. The van der Waals surface area contributed by atoms with Gasteiger partial charge in [0.15, 0.2) is 0 Å². The quantitative estimate of drug-likeness (QED) is 0.440. The zero-order valence-electron chi connectivity index (χ0n) is 25.2. The topological polar surface area (TPSA) is 94.7 Å². The largest absolute Gasteiger partial charge is 0.444 e. The molecule has 2 amide bonds. The summed E-state index contributed by atoms with van der Waals surface area (Å²) in [6, 6.07) is 4.68. The summed E-state index contributed by atoms with van der Waals surface area (Å²) in [6.07, 6.45) is 2.68. The lowest BCUT2D eigenvalue weighted by Crippen LogP contribution is -2.52.